The Morgan fingerprint density at radius 2 is 2.20 bits per heavy atom. The van der Waals surface area contributed by atoms with Gasteiger partial charge in [0.05, 0.1) is 21.7 Å². The van der Waals surface area contributed by atoms with Gasteiger partial charge in [0.2, 0.25) is 0 Å². The Morgan fingerprint density at radius 3 is 2.60 bits per heavy atom. The Bertz CT molecular complexity index is 435. The van der Waals surface area contributed by atoms with Gasteiger partial charge in [-0.25, -0.2) is 0 Å². The predicted molar refractivity (Wildman–Crippen MR) is 62.5 cm³/mol. The Hall–Kier alpha value is -0.890. The van der Waals surface area contributed by atoms with Crippen molar-refractivity contribution >= 4 is 45.1 Å². The quantitative estimate of drug-likeness (QED) is 0.367. The SMILES string of the molecule is COc1cc([N+](=O)[O-])c(C(=O)Cl)cc1I. The lowest BCUT2D eigenvalue weighted by atomic mass is 10.2. The molecule has 0 saturated heterocycles. The number of nitro groups is 1. The number of methoxy groups -OCH3 is 1. The number of carbonyl (C=O) groups is 1. The molecule has 0 atom stereocenters. The molecule has 0 aliphatic rings. The molecule has 80 valence electrons. The summed E-state index contributed by atoms with van der Waals surface area (Å²) in [6.45, 7) is 0. The van der Waals surface area contributed by atoms with Gasteiger partial charge < -0.3 is 4.74 Å². The highest BCUT2D eigenvalue weighted by molar-refractivity contribution is 14.1. The number of halogens is 2. The molecule has 5 nitrogen and oxygen atoms in total. The molecule has 0 bridgehead atoms. The summed E-state index contributed by atoms with van der Waals surface area (Å²) in [7, 11) is 1.39. The van der Waals surface area contributed by atoms with Crippen LogP contribution < -0.4 is 4.74 Å². The first-order valence-corrected chi connectivity index (χ1v) is 5.14. The number of rotatable bonds is 3. The van der Waals surface area contributed by atoms with Crippen molar-refractivity contribution in [3.05, 3.63) is 31.4 Å². The molecule has 0 fully saturated rings. The predicted octanol–water partition coefficient (Wildman–Crippen LogP) is 2.59. The summed E-state index contributed by atoms with van der Waals surface area (Å²) in [4.78, 5) is 20.9. The van der Waals surface area contributed by atoms with Crippen molar-refractivity contribution in [1.29, 1.82) is 0 Å². The van der Waals surface area contributed by atoms with E-state index in [2.05, 4.69) is 0 Å². The maximum atomic E-state index is 10.9. The van der Waals surface area contributed by atoms with Crippen LogP contribution in [-0.2, 0) is 0 Å². The molecule has 0 spiro atoms. The van der Waals surface area contributed by atoms with E-state index in [-0.39, 0.29) is 11.3 Å². The van der Waals surface area contributed by atoms with Crippen LogP contribution in [0.5, 0.6) is 5.75 Å². The summed E-state index contributed by atoms with van der Waals surface area (Å²) in [5, 5.41) is 9.78. The minimum Gasteiger partial charge on any atom is -0.495 e. The molecule has 0 aliphatic heterocycles. The molecule has 15 heavy (non-hydrogen) atoms. The van der Waals surface area contributed by atoms with E-state index in [0.29, 0.717) is 9.32 Å². The van der Waals surface area contributed by atoms with Crippen LogP contribution in [0.25, 0.3) is 0 Å². The van der Waals surface area contributed by atoms with Crippen molar-refractivity contribution in [3.8, 4) is 5.75 Å². The first-order chi connectivity index (χ1) is 6.97. The van der Waals surface area contributed by atoms with Crippen LogP contribution in [0.1, 0.15) is 10.4 Å². The van der Waals surface area contributed by atoms with Gasteiger partial charge in [0.1, 0.15) is 11.3 Å². The number of nitrogens with zero attached hydrogens (tertiary/aromatic N) is 1. The van der Waals surface area contributed by atoms with Gasteiger partial charge in [0.15, 0.2) is 0 Å². The number of ether oxygens (including phenoxy) is 1. The number of carbonyl (C=O) groups excluding carboxylic acids is 1. The van der Waals surface area contributed by atoms with Crippen molar-refractivity contribution in [3.63, 3.8) is 0 Å². The third-order valence-electron chi connectivity index (χ3n) is 1.68. The van der Waals surface area contributed by atoms with E-state index in [1.165, 1.54) is 19.2 Å². The van der Waals surface area contributed by atoms with E-state index in [1.807, 2.05) is 22.6 Å². The fraction of sp³-hybridized carbons (Fsp3) is 0.125. The first-order valence-electron chi connectivity index (χ1n) is 3.69. The van der Waals surface area contributed by atoms with Gasteiger partial charge in [-0.15, -0.1) is 0 Å². The van der Waals surface area contributed by atoms with Crippen LogP contribution in [0.4, 0.5) is 5.69 Å². The van der Waals surface area contributed by atoms with Gasteiger partial charge in [-0.3, -0.25) is 14.9 Å². The molecule has 0 amide bonds. The van der Waals surface area contributed by atoms with Crippen molar-refractivity contribution in [2.45, 2.75) is 0 Å². The Morgan fingerprint density at radius 1 is 1.60 bits per heavy atom. The van der Waals surface area contributed by atoms with Gasteiger partial charge in [0, 0.05) is 0 Å². The summed E-state index contributed by atoms with van der Waals surface area (Å²) >= 11 is 7.13. The highest BCUT2D eigenvalue weighted by atomic mass is 127. The van der Waals surface area contributed by atoms with E-state index < -0.39 is 10.2 Å². The van der Waals surface area contributed by atoms with Crippen LogP contribution in [0.2, 0.25) is 0 Å². The van der Waals surface area contributed by atoms with Crippen molar-refractivity contribution < 1.29 is 14.5 Å². The highest BCUT2D eigenvalue weighted by Crippen LogP contribution is 2.30. The van der Waals surface area contributed by atoms with Gasteiger partial charge in [-0.05, 0) is 40.3 Å². The van der Waals surface area contributed by atoms with E-state index in [1.54, 1.807) is 0 Å². The summed E-state index contributed by atoms with van der Waals surface area (Å²) in [5.74, 6) is 0.337. The molecule has 0 aromatic heterocycles. The Kier molecular flexibility index (Phi) is 3.86. The Labute approximate surface area is 104 Å². The van der Waals surface area contributed by atoms with Gasteiger partial charge in [-0.1, -0.05) is 0 Å². The summed E-state index contributed by atoms with van der Waals surface area (Å²) in [5.41, 5.74) is -0.487. The van der Waals surface area contributed by atoms with Crippen LogP contribution in [-0.4, -0.2) is 17.3 Å². The zero-order valence-electron chi connectivity index (χ0n) is 7.49. The molecular formula is C8H5ClINO4. The molecule has 1 rings (SSSR count). The van der Waals surface area contributed by atoms with Crippen molar-refractivity contribution in [2.24, 2.45) is 0 Å². The molecule has 1 aromatic carbocycles. The third kappa shape index (κ3) is 2.57. The number of benzene rings is 1. The minimum atomic E-state index is -0.859. The molecule has 0 radical (unpaired) electrons. The molecule has 0 saturated carbocycles. The average molecular weight is 341 g/mol. The van der Waals surface area contributed by atoms with Gasteiger partial charge >= 0.3 is 0 Å². The van der Waals surface area contributed by atoms with Crippen LogP contribution >= 0.6 is 34.2 Å². The lowest BCUT2D eigenvalue weighted by Crippen LogP contribution is -2.00. The topological polar surface area (TPSA) is 69.4 Å². The van der Waals surface area contributed by atoms with Crippen LogP contribution in [0, 0.1) is 13.7 Å². The largest absolute Gasteiger partial charge is 0.495 e. The second kappa shape index (κ2) is 4.75. The fourth-order valence-corrected chi connectivity index (χ4v) is 1.85. The molecule has 7 heteroatoms. The zero-order valence-corrected chi connectivity index (χ0v) is 10.4. The number of hydrogen-bond acceptors (Lipinski definition) is 4. The second-order valence-corrected chi connectivity index (χ2v) is 4.04. The minimum absolute atomic E-state index is 0.133. The molecule has 0 N–H and O–H groups in total. The van der Waals surface area contributed by atoms with E-state index >= 15 is 0 Å². The van der Waals surface area contributed by atoms with Crippen LogP contribution in [0.3, 0.4) is 0 Å². The summed E-state index contributed by atoms with van der Waals surface area (Å²) in [6.07, 6.45) is 0. The molecule has 1 aromatic rings. The van der Waals surface area contributed by atoms with Crippen molar-refractivity contribution in [2.75, 3.05) is 7.11 Å². The molecule has 0 heterocycles. The lowest BCUT2D eigenvalue weighted by molar-refractivity contribution is -0.385. The third-order valence-corrected chi connectivity index (χ3v) is 2.73. The van der Waals surface area contributed by atoms with E-state index in [0.717, 1.165) is 0 Å². The standard InChI is InChI=1S/C8H5ClINO4/c1-15-7-3-6(11(13)14)4(8(9)12)2-5(7)10/h2-3H,1H3. The maximum Gasteiger partial charge on any atom is 0.285 e. The monoisotopic (exact) mass is 341 g/mol. The second-order valence-electron chi connectivity index (χ2n) is 2.53. The molecule has 0 aliphatic carbocycles. The normalized spacial score (nSPS) is 9.80. The molecular weight excluding hydrogens is 336 g/mol. The average Bonchev–Trinajstić information content (AvgIpc) is 2.16. The smallest absolute Gasteiger partial charge is 0.285 e. The number of hydrogen-bond donors (Lipinski definition) is 0. The number of nitro benzene ring substituents is 1. The lowest BCUT2D eigenvalue weighted by Gasteiger charge is -2.04. The first kappa shape index (κ1) is 12.2. The van der Waals surface area contributed by atoms with Gasteiger partial charge in [-0.2, -0.15) is 0 Å². The maximum absolute atomic E-state index is 10.9. The summed E-state index contributed by atoms with van der Waals surface area (Å²) in [6, 6.07) is 2.50. The fourth-order valence-electron chi connectivity index (χ4n) is 1.01. The zero-order chi connectivity index (χ0) is 11.6. The Balaban J connectivity index is 3.45. The van der Waals surface area contributed by atoms with Crippen molar-refractivity contribution in [1.82, 2.24) is 0 Å². The van der Waals surface area contributed by atoms with Gasteiger partial charge in [0.25, 0.3) is 10.9 Å². The molecule has 0 unspecified atom stereocenters. The van der Waals surface area contributed by atoms with E-state index in [9.17, 15) is 14.9 Å². The highest BCUT2D eigenvalue weighted by Gasteiger charge is 2.21. The summed E-state index contributed by atoms with van der Waals surface area (Å²) < 4.78 is 5.49. The van der Waals surface area contributed by atoms with E-state index in [4.69, 9.17) is 16.3 Å². The van der Waals surface area contributed by atoms with Crippen LogP contribution in [0.15, 0.2) is 12.1 Å².